The molecule has 1 amide bonds. The second kappa shape index (κ2) is 5.85. The zero-order valence-electron chi connectivity index (χ0n) is 12.9. The average molecular weight is 320 g/mol. The number of fused-ring (bicyclic) bond motifs is 2. The molecule has 1 aliphatic rings. The van der Waals surface area contributed by atoms with Crippen LogP contribution in [0.4, 0.5) is 0 Å². The fraction of sp³-hybridized carbons (Fsp3) is 0.158. The number of aromatic amines is 1. The molecule has 1 atom stereocenters. The maximum absolute atomic E-state index is 12.6. The molecular formula is C19H16N2O3. The second-order valence-corrected chi connectivity index (χ2v) is 5.80. The fourth-order valence-corrected chi connectivity index (χ4v) is 3.04. The Morgan fingerprint density at radius 1 is 1.12 bits per heavy atom. The molecule has 0 aliphatic carbocycles. The normalized spacial score (nSPS) is 16.2. The van der Waals surface area contributed by atoms with Crippen molar-refractivity contribution in [2.75, 3.05) is 6.61 Å². The van der Waals surface area contributed by atoms with Crippen LogP contribution in [0.3, 0.4) is 0 Å². The van der Waals surface area contributed by atoms with Gasteiger partial charge in [0, 0.05) is 17.5 Å². The quantitative estimate of drug-likeness (QED) is 0.763. The van der Waals surface area contributed by atoms with Crippen molar-refractivity contribution in [3.63, 3.8) is 0 Å². The van der Waals surface area contributed by atoms with Crippen LogP contribution in [-0.4, -0.2) is 17.5 Å². The van der Waals surface area contributed by atoms with Gasteiger partial charge in [-0.15, -0.1) is 0 Å². The fourth-order valence-electron chi connectivity index (χ4n) is 3.04. The minimum Gasteiger partial charge on any atom is -0.493 e. The Morgan fingerprint density at radius 2 is 1.92 bits per heavy atom. The molecule has 1 unspecified atom stereocenters. The first-order valence-electron chi connectivity index (χ1n) is 7.87. The highest BCUT2D eigenvalue weighted by Gasteiger charge is 2.24. The highest BCUT2D eigenvalue weighted by molar-refractivity contribution is 5.97. The Kier molecular flexibility index (Phi) is 3.54. The maximum Gasteiger partial charge on any atom is 0.261 e. The molecule has 1 aliphatic heterocycles. The minimum absolute atomic E-state index is 0.123. The third-order valence-corrected chi connectivity index (χ3v) is 4.26. The van der Waals surface area contributed by atoms with Crippen molar-refractivity contribution >= 4 is 16.8 Å². The van der Waals surface area contributed by atoms with E-state index in [4.69, 9.17) is 4.74 Å². The zero-order valence-corrected chi connectivity index (χ0v) is 12.9. The Labute approximate surface area is 138 Å². The average Bonchev–Trinajstić information content (AvgIpc) is 2.61. The molecule has 120 valence electrons. The van der Waals surface area contributed by atoms with Crippen molar-refractivity contribution in [2.24, 2.45) is 0 Å². The van der Waals surface area contributed by atoms with E-state index in [1.807, 2.05) is 48.5 Å². The first-order chi connectivity index (χ1) is 11.7. The van der Waals surface area contributed by atoms with Gasteiger partial charge in [-0.3, -0.25) is 9.59 Å². The van der Waals surface area contributed by atoms with E-state index in [1.165, 1.54) is 0 Å². The lowest BCUT2D eigenvalue weighted by atomic mass is 10.00. The van der Waals surface area contributed by atoms with Gasteiger partial charge in [0.1, 0.15) is 11.3 Å². The Balaban J connectivity index is 1.66. The highest BCUT2D eigenvalue weighted by Crippen LogP contribution is 2.31. The molecule has 24 heavy (non-hydrogen) atoms. The Morgan fingerprint density at radius 3 is 2.83 bits per heavy atom. The molecule has 0 saturated heterocycles. The molecule has 1 aromatic heterocycles. The number of H-pyrrole nitrogens is 1. The molecule has 3 aromatic rings. The summed E-state index contributed by atoms with van der Waals surface area (Å²) in [6, 6.07) is 16.5. The SMILES string of the molecule is O=C(NC1CCOc2ccccc21)c1cc2ccccc2[nH]c1=O. The lowest BCUT2D eigenvalue weighted by molar-refractivity contribution is 0.0923. The number of ether oxygens (including phenoxy) is 1. The second-order valence-electron chi connectivity index (χ2n) is 5.80. The van der Waals surface area contributed by atoms with E-state index < -0.39 is 0 Å². The van der Waals surface area contributed by atoms with E-state index in [1.54, 1.807) is 6.07 Å². The summed E-state index contributed by atoms with van der Waals surface area (Å²) in [5.41, 5.74) is 1.40. The molecule has 2 N–H and O–H groups in total. The van der Waals surface area contributed by atoms with Crippen LogP contribution in [0.1, 0.15) is 28.4 Å². The van der Waals surface area contributed by atoms with Gasteiger partial charge in [0.05, 0.1) is 12.6 Å². The van der Waals surface area contributed by atoms with Crippen molar-refractivity contribution < 1.29 is 9.53 Å². The number of carbonyl (C=O) groups is 1. The van der Waals surface area contributed by atoms with Crippen LogP contribution in [-0.2, 0) is 0 Å². The largest absolute Gasteiger partial charge is 0.493 e. The number of hydrogen-bond acceptors (Lipinski definition) is 3. The summed E-state index contributed by atoms with van der Waals surface area (Å²) in [4.78, 5) is 27.6. The Bertz CT molecular complexity index is 978. The number of rotatable bonds is 2. The Hall–Kier alpha value is -3.08. The van der Waals surface area contributed by atoms with Gasteiger partial charge in [-0.2, -0.15) is 0 Å². The number of benzene rings is 2. The van der Waals surface area contributed by atoms with Crippen LogP contribution in [0.5, 0.6) is 5.75 Å². The van der Waals surface area contributed by atoms with Crippen LogP contribution in [0.2, 0.25) is 0 Å². The van der Waals surface area contributed by atoms with E-state index in [0.29, 0.717) is 13.0 Å². The summed E-state index contributed by atoms with van der Waals surface area (Å²) in [5, 5.41) is 3.79. The molecule has 5 heteroatoms. The lowest BCUT2D eigenvalue weighted by Crippen LogP contribution is -2.35. The number of para-hydroxylation sites is 2. The maximum atomic E-state index is 12.6. The van der Waals surface area contributed by atoms with Crippen LogP contribution in [0, 0.1) is 0 Å². The summed E-state index contributed by atoms with van der Waals surface area (Å²) in [7, 11) is 0. The van der Waals surface area contributed by atoms with Crippen molar-refractivity contribution in [3.05, 3.63) is 76.1 Å². The molecule has 0 spiro atoms. The van der Waals surface area contributed by atoms with Gasteiger partial charge in [0.2, 0.25) is 0 Å². The lowest BCUT2D eigenvalue weighted by Gasteiger charge is -2.26. The smallest absolute Gasteiger partial charge is 0.261 e. The van der Waals surface area contributed by atoms with Gasteiger partial charge >= 0.3 is 0 Å². The monoisotopic (exact) mass is 320 g/mol. The number of amides is 1. The number of nitrogens with one attached hydrogen (secondary N) is 2. The topological polar surface area (TPSA) is 71.2 Å². The molecule has 2 heterocycles. The molecule has 2 aromatic carbocycles. The van der Waals surface area contributed by atoms with Crippen molar-refractivity contribution in [3.8, 4) is 5.75 Å². The van der Waals surface area contributed by atoms with Gasteiger partial charge in [-0.1, -0.05) is 36.4 Å². The van der Waals surface area contributed by atoms with Crippen LogP contribution in [0.25, 0.3) is 10.9 Å². The predicted molar refractivity (Wildman–Crippen MR) is 91.3 cm³/mol. The number of pyridine rings is 1. The summed E-state index contributed by atoms with van der Waals surface area (Å²) in [6.45, 7) is 0.538. The minimum atomic E-state index is -0.383. The third kappa shape index (κ3) is 2.54. The highest BCUT2D eigenvalue weighted by atomic mass is 16.5. The zero-order chi connectivity index (χ0) is 16.5. The van der Waals surface area contributed by atoms with Crippen molar-refractivity contribution in [2.45, 2.75) is 12.5 Å². The van der Waals surface area contributed by atoms with Gasteiger partial charge in [-0.25, -0.2) is 0 Å². The number of hydrogen-bond donors (Lipinski definition) is 2. The first kappa shape index (κ1) is 14.5. The van der Waals surface area contributed by atoms with E-state index >= 15 is 0 Å². The summed E-state index contributed by atoms with van der Waals surface area (Å²) in [5.74, 6) is 0.408. The van der Waals surface area contributed by atoms with Gasteiger partial charge in [0.15, 0.2) is 0 Å². The van der Waals surface area contributed by atoms with Gasteiger partial charge in [0.25, 0.3) is 11.5 Å². The first-order valence-corrected chi connectivity index (χ1v) is 7.87. The van der Waals surface area contributed by atoms with Gasteiger partial charge in [-0.05, 0) is 23.6 Å². The predicted octanol–water partition coefficient (Wildman–Crippen LogP) is 2.78. The molecule has 0 fully saturated rings. The standard InChI is InChI=1S/C19H16N2O3/c22-18-14(11-12-5-1-3-7-15(12)20-18)19(23)21-16-9-10-24-17-8-4-2-6-13(16)17/h1-8,11,16H,9-10H2,(H,20,22)(H,21,23). The number of aromatic nitrogens is 1. The summed E-state index contributed by atoms with van der Waals surface area (Å²) < 4.78 is 5.60. The van der Waals surface area contributed by atoms with Crippen molar-refractivity contribution in [1.29, 1.82) is 0 Å². The molecule has 0 saturated carbocycles. The van der Waals surface area contributed by atoms with Crippen LogP contribution < -0.4 is 15.6 Å². The summed E-state index contributed by atoms with van der Waals surface area (Å²) >= 11 is 0. The van der Waals surface area contributed by atoms with Gasteiger partial charge < -0.3 is 15.0 Å². The third-order valence-electron chi connectivity index (χ3n) is 4.26. The van der Waals surface area contributed by atoms with E-state index in [-0.39, 0.29) is 23.1 Å². The van der Waals surface area contributed by atoms with E-state index in [9.17, 15) is 9.59 Å². The van der Waals surface area contributed by atoms with Crippen molar-refractivity contribution in [1.82, 2.24) is 10.3 Å². The van der Waals surface area contributed by atoms with E-state index in [0.717, 1.165) is 22.2 Å². The number of carbonyl (C=O) groups excluding carboxylic acids is 1. The molecule has 4 rings (SSSR count). The van der Waals surface area contributed by atoms with Crippen LogP contribution in [0.15, 0.2) is 59.4 Å². The van der Waals surface area contributed by atoms with E-state index in [2.05, 4.69) is 10.3 Å². The van der Waals surface area contributed by atoms with Crippen LogP contribution >= 0.6 is 0 Å². The molecule has 0 bridgehead atoms. The molecule has 5 nitrogen and oxygen atoms in total. The molecule has 0 radical (unpaired) electrons. The summed E-state index contributed by atoms with van der Waals surface area (Å²) in [6.07, 6.45) is 0.675. The molecular weight excluding hydrogens is 304 g/mol.